The molecule has 3 aromatic heterocycles. The van der Waals surface area contributed by atoms with Gasteiger partial charge in [-0.25, -0.2) is 9.79 Å². The van der Waals surface area contributed by atoms with Crippen LogP contribution in [0.25, 0.3) is 11.1 Å². The van der Waals surface area contributed by atoms with Gasteiger partial charge in [0.1, 0.15) is 11.1 Å². The fourth-order valence-electron chi connectivity index (χ4n) is 5.35. The summed E-state index contributed by atoms with van der Waals surface area (Å²) in [5.41, 5.74) is 6.95. The third kappa shape index (κ3) is 4.82. The Bertz CT molecular complexity index is 1980. The van der Waals surface area contributed by atoms with Crippen LogP contribution in [0.3, 0.4) is 0 Å². The van der Waals surface area contributed by atoms with Crippen LogP contribution in [0, 0.1) is 39.0 Å². The minimum absolute atomic E-state index is 0.221. The van der Waals surface area contributed by atoms with Crippen molar-refractivity contribution >= 4 is 40.4 Å². The van der Waals surface area contributed by atoms with Crippen LogP contribution in [0.1, 0.15) is 58.4 Å². The van der Waals surface area contributed by atoms with Gasteiger partial charge in [-0.2, -0.15) is 5.26 Å². The maximum Gasteiger partial charge on any atom is 0.338 e. The van der Waals surface area contributed by atoms with E-state index in [0.717, 1.165) is 43.6 Å². The summed E-state index contributed by atoms with van der Waals surface area (Å²) in [6.07, 6.45) is 1.89. The lowest BCUT2D eigenvalue weighted by atomic mass is 9.95. The molecule has 0 aliphatic carbocycles. The highest BCUT2D eigenvalue weighted by atomic mass is 32.1. The smallest absolute Gasteiger partial charge is 0.338 e. The van der Waals surface area contributed by atoms with Crippen molar-refractivity contribution in [2.45, 2.75) is 47.6 Å². The number of fused-ring (bicyclic) bond motifs is 1. The molecule has 0 N–H and O–H groups in total. The second-order valence-electron chi connectivity index (χ2n) is 10.5. The highest BCUT2D eigenvalue weighted by molar-refractivity contribution is 7.15. The lowest BCUT2D eigenvalue weighted by Gasteiger charge is -2.25. The van der Waals surface area contributed by atoms with Gasteiger partial charge in [0, 0.05) is 36.0 Å². The van der Waals surface area contributed by atoms with Crippen molar-refractivity contribution < 1.29 is 9.53 Å². The number of carbonyl (C=O) groups is 1. The van der Waals surface area contributed by atoms with E-state index in [-0.39, 0.29) is 12.2 Å². The molecule has 0 bridgehead atoms. The van der Waals surface area contributed by atoms with Crippen molar-refractivity contribution in [3.63, 3.8) is 0 Å². The summed E-state index contributed by atoms with van der Waals surface area (Å²) in [6, 6.07) is 11.6. The molecule has 1 atom stereocenters. The second kappa shape index (κ2) is 11.2. The molecule has 1 aliphatic rings. The second-order valence-corrected chi connectivity index (χ2v) is 12.7. The first-order chi connectivity index (χ1) is 20.0. The van der Waals surface area contributed by atoms with Crippen LogP contribution >= 0.6 is 22.7 Å². The summed E-state index contributed by atoms with van der Waals surface area (Å²) in [5, 5.41) is 10.7. The number of esters is 1. The van der Waals surface area contributed by atoms with Crippen LogP contribution in [0.15, 0.2) is 51.4 Å². The number of carbonyl (C=O) groups excluding carboxylic acids is 1. The van der Waals surface area contributed by atoms with Crippen LogP contribution in [0.2, 0.25) is 0 Å². The zero-order valence-electron chi connectivity index (χ0n) is 25.0. The number of aromatic nitrogens is 2. The molecule has 0 saturated carbocycles. The molecular weight excluding hydrogens is 567 g/mol. The van der Waals surface area contributed by atoms with Gasteiger partial charge in [-0.3, -0.25) is 9.36 Å². The molecule has 8 nitrogen and oxygen atoms in total. The predicted octanol–water partition coefficient (Wildman–Crippen LogP) is 4.82. The van der Waals surface area contributed by atoms with Crippen LogP contribution in [-0.4, -0.2) is 35.8 Å². The number of hydrogen-bond acceptors (Lipinski definition) is 8. The number of rotatable bonds is 6. The van der Waals surface area contributed by atoms with Gasteiger partial charge in [0.2, 0.25) is 0 Å². The van der Waals surface area contributed by atoms with Crippen LogP contribution < -0.4 is 19.8 Å². The van der Waals surface area contributed by atoms with E-state index in [1.54, 1.807) is 29.8 Å². The average Bonchev–Trinajstić information content (AvgIpc) is 3.52. The van der Waals surface area contributed by atoms with Crippen molar-refractivity contribution in [3.8, 4) is 11.1 Å². The first-order valence-corrected chi connectivity index (χ1v) is 15.3. The maximum atomic E-state index is 14.1. The van der Waals surface area contributed by atoms with Crippen molar-refractivity contribution in [1.82, 2.24) is 9.13 Å². The van der Waals surface area contributed by atoms with Gasteiger partial charge in [0.15, 0.2) is 4.80 Å². The van der Waals surface area contributed by atoms with Crippen molar-refractivity contribution in [3.05, 3.63) is 99.8 Å². The number of allylic oxidation sites excluding steroid dienone is 1. The first-order valence-electron chi connectivity index (χ1n) is 13.6. The van der Waals surface area contributed by atoms with E-state index < -0.39 is 12.0 Å². The molecule has 1 aliphatic heterocycles. The summed E-state index contributed by atoms with van der Waals surface area (Å²) in [4.78, 5) is 35.6. The van der Waals surface area contributed by atoms with E-state index in [1.807, 2.05) is 83.1 Å². The van der Waals surface area contributed by atoms with E-state index in [1.165, 1.54) is 11.3 Å². The molecule has 1 aromatic carbocycles. The molecule has 216 valence electrons. The number of ether oxygens (including phenoxy) is 1. The Morgan fingerprint density at radius 3 is 2.45 bits per heavy atom. The number of aryl methyl sites for hydroxylation is 2. The van der Waals surface area contributed by atoms with Gasteiger partial charge >= 0.3 is 5.97 Å². The fourth-order valence-corrected chi connectivity index (χ4v) is 7.60. The quantitative estimate of drug-likeness (QED) is 0.296. The van der Waals surface area contributed by atoms with E-state index in [0.29, 0.717) is 26.2 Å². The predicted molar refractivity (Wildman–Crippen MR) is 168 cm³/mol. The number of hydrogen-bond donors (Lipinski definition) is 0. The van der Waals surface area contributed by atoms with E-state index in [9.17, 15) is 14.9 Å². The van der Waals surface area contributed by atoms with Crippen LogP contribution in [-0.2, 0) is 9.53 Å². The molecule has 10 heteroatoms. The van der Waals surface area contributed by atoms with E-state index in [2.05, 4.69) is 10.6 Å². The largest absolute Gasteiger partial charge is 0.463 e. The molecule has 4 aromatic rings. The van der Waals surface area contributed by atoms with E-state index in [4.69, 9.17) is 9.73 Å². The number of anilines is 1. The number of thiophene rings is 1. The van der Waals surface area contributed by atoms with Crippen LogP contribution in [0.4, 0.5) is 5.69 Å². The molecule has 0 amide bonds. The molecular formula is C32H33N5O3S2. The standard InChI is InChI=1S/C32H33N5O3S2/c1-9-40-31(39)27-19(4)34-32-37(28(27)22-10-12-24(13-11-22)35(7)8)29(38)26(42-32)15-23-14-17(2)36(20(23)5)30-25(16-33)18(3)21(6)41-30/h10-15,28H,9H2,1-8H3/b26-15+/t28-/m0/s1. The lowest BCUT2D eigenvalue weighted by molar-refractivity contribution is -0.139. The third-order valence-electron chi connectivity index (χ3n) is 7.68. The van der Waals surface area contributed by atoms with Crippen LogP contribution in [0.5, 0.6) is 0 Å². The summed E-state index contributed by atoms with van der Waals surface area (Å²) in [5.74, 6) is -0.479. The monoisotopic (exact) mass is 599 g/mol. The van der Waals surface area contributed by atoms with Gasteiger partial charge in [0.05, 0.1) is 34.0 Å². The molecule has 0 fully saturated rings. The summed E-state index contributed by atoms with van der Waals surface area (Å²) in [6.45, 7) is 11.8. The topological polar surface area (TPSA) is 92.6 Å². The highest BCUT2D eigenvalue weighted by Gasteiger charge is 2.33. The van der Waals surface area contributed by atoms with Gasteiger partial charge in [-0.1, -0.05) is 23.5 Å². The minimum atomic E-state index is -0.665. The molecule has 42 heavy (non-hydrogen) atoms. The molecule has 5 rings (SSSR count). The fraction of sp³-hybridized carbons (Fsp3) is 0.312. The molecule has 4 heterocycles. The minimum Gasteiger partial charge on any atom is -0.463 e. The maximum absolute atomic E-state index is 14.1. The Balaban J connectivity index is 1.69. The van der Waals surface area contributed by atoms with Gasteiger partial charge < -0.3 is 14.2 Å². The summed E-state index contributed by atoms with van der Waals surface area (Å²) < 4.78 is 9.63. The summed E-state index contributed by atoms with van der Waals surface area (Å²) >= 11 is 2.90. The molecule has 0 radical (unpaired) electrons. The molecule has 0 spiro atoms. The number of nitriles is 1. The highest BCUT2D eigenvalue weighted by Crippen LogP contribution is 2.34. The Morgan fingerprint density at radius 1 is 1.14 bits per heavy atom. The number of benzene rings is 1. The Morgan fingerprint density at radius 2 is 1.83 bits per heavy atom. The van der Waals surface area contributed by atoms with Gasteiger partial charge in [-0.15, -0.1) is 11.3 Å². The summed E-state index contributed by atoms with van der Waals surface area (Å²) in [7, 11) is 3.93. The molecule has 0 saturated heterocycles. The zero-order valence-corrected chi connectivity index (χ0v) is 26.7. The average molecular weight is 600 g/mol. The van der Waals surface area contributed by atoms with Crippen molar-refractivity contribution in [2.24, 2.45) is 4.99 Å². The number of thiazole rings is 1. The van der Waals surface area contributed by atoms with Crippen molar-refractivity contribution in [1.29, 1.82) is 5.26 Å². The lowest BCUT2D eigenvalue weighted by Crippen LogP contribution is -2.40. The zero-order chi connectivity index (χ0) is 30.5. The van der Waals surface area contributed by atoms with Crippen molar-refractivity contribution in [2.75, 3.05) is 25.6 Å². The van der Waals surface area contributed by atoms with Gasteiger partial charge in [0.25, 0.3) is 5.56 Å². The van der Waals surface area contributed by atoms with E-state index >= 15 is 0 Å². The molecule has 0 unspecified atom stereocenters. The van der Waals surface area contributed by atoms with Gasteiger partial charge in [-0.05, 0) is 82.5 Å². The normalized spacial score (nSPS) is 14.9. The Kier molecular flexibility index (Phi) is 7.84. The first kappa shape index (κ1) is 29.3. The Labute approximate surface area is 252 Å². The Hall–Kier alpha value is -4.20. The SMILES string of the molecule is CCOC(=O)C1=C(C)N=c2s/c(=C/c3cc(C)n(-c4sc(C)c(C)c4C#N)c3C)c(=O)n2[C@H]1c1ccc(N(C)C)cc1. The third-order valence-corrected chi connectivity index (χ3v) is 9.86. The number of nitrogens with zero attached hydrogens (tertiary/aromatic N) is 5.